The lowest BCUT2D eigenvalue weighted by atomic mass is 10.2. The van der Waals surface area contributed by atoms with E-state index >= 15 is 0 Å². The Labute approximate surface area is 161 Å². The van der Waals surface area contributed by atoms with Crippen LogP contribution in [0.4, 0.5) is 0 Å². The first-order valence-corrected chi connectivity index (χ1v) is 9.06. The largest absolute Gasteiger partial charge is 0.507 e. The maximum absolute atomic E-state index is 12.3. The molecule has 0 aliphatic carbocycles. The fourth-order valence-corrected chi connectivity index (χ4v) is 2.48. The van der Waals surface area contributed by atoms with E-state index < -0.39 is 5.91 Å². The van der Waals surface area contributed by atoms with Crippen molar-refractivity contribution in [3.63, 3.8) is 0 Å². The van der Waals surface area contributed by atoms with Gasteiger partial charge in [0.25, 0.3) is 5.91 Å². The first kappa shape index (κ1) is 19.8. The molecule has 2 aromatic rings. The fourth-order valence-electron chi connectivity index (χ4n) is 2.10. The Bertz CT molecular complexity index is 793. The number of nitrogens with zero attached hydrogens (tertiary/aromatic N) is 1. The van der Waals surface area contributed by atoms with Crippen LogP contribution in [0.15, 0.2) is 46.0 Å². The highest BCUT2D eigenvalue weighted by Crippen LogP contribution is 2.28. The topological polar surface area (TPSA) is 80.2 Å². The summed E-state index contributed by atoms with van der Waals surface area (Å²) in [5, 5.41) is 13.6. The summed E-state index contributed by atoms with van der Waals surface area (Å²) in [6.07, 6.45) is 2.26. The molecule has 0 bridgehead atoms. The number of carbonyl (C=O) groups excluding carboxylic acids is 1. The second-order valence-corrected chi connectivity index (χ2v) is 6.26. The number of aromatic hydroxyl groups is 1. The van der Waals surface area contributed by atoms with Crippen LogP contribution in [0.2, 0.25) is 0 Å². The maximum atomic E-state index is 12.3. The quantitative estimate of drug-likeness (QED) is 0.497. The molecule has 0 saturated heterocycles. The van der Waals surface area contributed by atoms with E-state index in [2.05, 4.69) is 26.5 Å². The number of amides is 1. The van der Waals surface area contributed by atoms with E-state index in [1.54, 1.807) is 30.3 Å². The van der Waals surface area contributed by atoms with Crippen molar-refractivity contribution < 1.29 is 19.4 Å². The number of rotatable bonds is 8. The summed E-state index contributed by atoms with van der Waals surface area (Å²) in [6.45, 7) is 4.92. The number of phenols is 1. The molecule has 2 rings (SSSR count). The molecule has 0 spiro atoms. The standard InChI is InChI=1S/C19H21BrN2O4/c1-3-9-26-17-8-5-13(11-18(17)25-4-2)19(24)22-21-12-14-10-15(20)6-7-16(14)23/h5-8,10-12,23H,3-4,9H2,1-2H3,(H,22,24)/b21-12+. The zero-order chi connectivity index (χ0) is 18.9. The second kappa shape index (κ2) is 9.82. The molecule has 0 fully saturated rings. The average molecular weight is 421 g/mol. The van der Waals surface area contributed by atoms with Gasteiger partial charge in [0, 0.05) is 15.6 Å². The van der Waals surface area contributed by atoms with Gasteiger partial charge >= 0.3 is 0 Å². The van der Waals surface area contributed by atoms with E-state index in [0.29, 0.717) is 35.8 Å². The van der Waals surface area contributed by atoms with Gasteiger partial charge in [-0.1, -0.05) is 22.9 Å². The highest BCUT2D eigenvalue weighted by Gasteiger charge is 2.11. The Morgan fingerprint density at radius 3 is 2.73 bits per heavy atom. The maximum Gasteiger partial charge on any atom is 0.271 e. The van der Waals surface area contributed by atoms with Crippen LogP contribution in [0.5, 0.6) is 17.2 Å². The van der Waals surface area contributed by atoms with Crippen molar-refractivity contribution in [2.45, 2.75) is 20.3 Å². The summed E-state index contributed by atoms with van der Waals surface area (Å²) in [4.78, 5) is 12.3. The smallest absolute Gasteiger partial charge is 0.271 e. The van der Waals surface area contributed by atoms with Crippen LogP contribution in [0.1, 0.15) is 36.2 Å². The third-order valence-electron chi connectivity index (χ3n) is 3.33. The third kappa shape index (κ3) is 5.49. The molecule has 0 heterocycles. The van der Waals surface area contributed by atoms with Crippen molar-refractivity contribution in [2.24, 2.45) is 5.10 Å². The minimum absolute atomic E-state index is 0.0715. The van der Waals surface area contributed by atoms with Crippen molar-refractivity contribution in [1.82, 2.24) is 5.43 Å². The number of halogens is 1. The van der Waals surface area contributed by atoms with Gasteiger partial charge in [0.1, 0.15) is 5.75 Å². The number of hydrogen-bond donors (Lipinski definition) is 2. The zero-order valence-corrected chi connectivity index (χ0v) is 16.2. The van der Waals surface area contributed by atoms with Gasteiger partial charge < -0.3 is 14.6 Å². The highest BCUT2D eigenvalue weighted by atomic mass is 79.9. The second-order valence-electron chi connectivity index (χ2n) is 5.35. The van der Waals surface area contributed by atoms with E-state index in [-0.39, 0.29) is 5.75 Å². The first-order chi connectivity index (χ1) is 12.5. The van der Waals surface area contributed by atoms with Gasteiger partial charge in [0.15, 0.2) is 11.5 Å². The van der Waals surface area contributed by atoms with Crippen molar-refractivity contribution in [3.8, 4) is 17.2 Å². The third-order valence-corrected chi connectivity index (χ3v) is 3.82. The Kier molecular flexibility index (Phi) is 7.47. The van der Waals surface area contributed by atoms with Crippen LogP contribution in [-0.2, 0) is 0 Å². The molecule has 0 atom stereocenters. The van der Waals surface area contributed by atoms with Gasteiger partial charge in [-0.05, 0) is 49.7 Å². The molecular formula is C19H21BrN2O4. The predicted octanol–water partition coefficient (Wildman–Crippen LogP) is 4.11. The molecule has 26 heavy (non-hydrogen) atoms. The number of hydrogen-bond acceptors (Lipinski definition) is 5. The lowest BCUT2D eigenvalue weighted by molar-refractivity contribution is 0.0954. The molecular weight excluding hydrogens is 400 g/mol. The highest BCUT2D eigenvalue weighted by molar-refractivity contribution is 9.10. The number of carbonyl (C=O) groups is 1. The van der Waals surface area contributed by atoms with Gasteiger partial charge in [0.2, 0.25) is 0 Å². The van der Waals surface area contributed by atoms with Gasteiger partial charge in [-0.2, -0.15) is 5.10 Å². The van der Waals surface area contributed by atoms with Crippen LogP contribution in [-0.4, -0.2) is 30.4 Å². The Hall–Kier alpha value is -2.54. The molecule has 0 aromatic heterocycles. The summed E-state index contributed by atoms with van der Waals surface area (Å²) in [5.74, 6) is 0.802. The number of hydrazone groups is 1. The summed E-state index contributed by atoms with van der Waals surface area (Å²) in [7, 11) is 0. The van der Waals surface area contributed by atoms with E-state index in [0.717, 1.165) is 10.9 Å². The monoisotopic (exact) mass is 420 g/mol. The molecule has 0 aliphatic heterocycles. The number of nitrogens with one attached hydrogen (secondary N) is 1. The van der Waals surface area contributed by atoms with Crippen molar-refractivity contribution in [2.75, 3.05) is 13.2 Å². The molecule has 2 N–H and O–H groups in total. The molecule has 2 aromatic carbocycles. The Morgan fingerprint density at radius 2 is 2.00 bits per heavy atom. The lowest BCUT2D eigenvalue weighted by Crippen LogP contribution is -2.17. The van der Waals surface area contributed by atoms with Crippen LogP contribution < -0.4 is 14.9 Å². The lowest BCUT2D eigenvalue weighted by Gasteiger charge is -2.12. The van der Waals surface area contributed by atoms with Crippen molar-refractivity contribution in [1.29, 1.82) is 0 Å². The van der Waals surface area contributed by atoms with Gasteiger partial charge in [-0.15, -0.1) is 0 Å². The van der Waals surface area contributed by atoms with Crippen LogP contribution >= 0.6 is 15.9 Å². The molecule has 0 unspecified atom stereocenters. The Balaban J connectivity index is 2.09. The van der Waals surface area contributed by atoms with Crippen LogP contribution in [0, 0.1) is 0 Å². The molecule has 0 aliphatic rings. The normalized spacial score (nSPS) is 10.7. The Morgan fingerprint density at radius 1 is 1.19 bits per heavy atom. The van der Waals surface area contributed by atoms with E-state index in [4.69, 9.17) is 9.47 Å². The number of ether oxygens (including phenoxy) is 2. The zero-order valence-electron chi connectivity index (χ0n) is 14.7. The van der Waals surface area contributed by atoms with Crippen LogP contribution in [0.25, 0.3) is 0 Å². The minimum Gasteiger partial charge on any atom is -0.507 e. The summed E-state index contributed by atoms with van der Waals surface area (Å²) >= 11 is 3.32. The van der Waals surface area contributed by atoms with Gasteiger partial charge in [-0.3, -0.25) is 4.79 Å². The molecule has 7 heteroatoms. The predicted molar refractivity (Wildman–Crippen MR) is 104 cm³/mol. The van der Waals surface area contributed by atoms with E-state index in [1.165, 1.54) is 12.3 Å². The molecule has 1 amide bonds. The average Bonchev–Trinajstić information content (AvgIpc) is 2.63. The summed E-state index contributed by atoms with van der Waals surface area (Å²) in [5.41, 5.74) is 3.31. The molecule has 0 saturated carbocycles. The summed E-state index contributed by atoms with van der Waals surface area (Å²) < 4.78 is 12.0. The van der Waals surface area contributed by atoms with E-state index in [9.17, 15) is 9.90 Å². The molecule has 138 valence electrons. The fraction of sp³-hybridized carbons (Fsp3) is 0.263. The molecule has 6 nitrogen and oxygen atoms in total. The first-order valence-electron chi connectivity index (χ1n) is 8.26. The van der Waals surface area contributed by atoms with E-state index in [1.807, 2.05) is 13.8 Å². The van der Waals surface area contributed by atoms with Gasteiger partial charge in [0.05, 0.1) is 19.4 Å². The SMILES string of the molecule is CCCOc1ccc(C(=O)N/N=C/c2cc(Br)ccc2O)cc1OCC. The van der Waals surface area contributed by atoms with Gasteiger partial charge in [-0.25, -0.2) is 5.43 Å². The summed E-state index contributed by atoms with van der Waals surface area (Å²) in [6, 6.07) is 9.92. The number of benzene rings is 2. The van der Waals surface area contributed by atoms with Crippen molar-refractivity contribution in [3.05, 3.63) is 52.0 Å². The number of phenolic OH excluding ortho intramolecular Hbond substituents is 1. The van der Waals surface area contributed by atoms with Crippen LogP contribution in [0.3, 0.4) is 0 Å². The minimum atomic E-state index is -0.390. The van der Waals surface area contributed by atoms with Crippen molar-refractivity contribution >= 4 is 28.1 Å². The molecule has 0 radical (unpaired) electrons.